The number of nitrogens with two attached hydrogens (primary N) is 1. The van der Waals surface area contributed by atoms with Crippen LogP contribution in [0.25, 0.3) is 0 Å². The number of alkyl halides is 6. The molecule has 244 valence electrons. The summed E-state index contributed by atoms with van der Waals surface area (Å²) in [5.74, 6) is -6.55. The molecule has 2 aromatic carbocycles. The first-order chi connectivity index (χ1) is 20.2. The van der Waals surface area contributed by atoms with Crippen molar-refractivity contribution in [3.63, 3.8) is 0 Å². The van der Waals surface area contributed by atoms with Crippen LogP contribution in [-0.2, 0) is 19.4 Å². The van der Waals surface area contributed by atoms with Crippen molar-refractivity contribution < 1.29 is 75.3 Å². The molecule has 1 amide bonds. The van der Waals surface area contributed by atoms with Crippen LogP contribution in [0.5, 0.6) is 0 Å². The van der Waals surface area contributed by atoms with Gasteiger partial charge in [0, 0.05) is 6.07 Å². The number of sulfone groups is 1. The Labute approximate surface area is 244 Å². The molecule has 0 bridgehead atoms. The van der Waals surface area contributed by atoms with Gasteiger partial charge in [-0.25, -0.2) is 8.42 Å². The highest BCUT2D eigenvalue weighted by molar-refractivity contribution is 7.91. The van der Waals surface area contributed by atoms with Gasteiger partial charge in [-0.15, -0.1) is 0 Å². The van der Waals surface area contributed by atoms with Gasteiger partial charge in [-0.3, -0.25) is 14.9 Å². The highest BCUT2D eigenvalue weighted by Gasteiger charge is 2.32. The molecule has 1 fully saturated rings. The molecule has 0 atom stereocenters. The molecule has 1 saturated heterocycles. The first-order valence-corrected chi connectivity index (χ1v) is 13.6. The van der Waals surface area contributed by atoms with E-state index in [9.17, 15) is 49.7 Å². The van der Waals surface area contributed by atoms with E-state index in [4.69, 9.17) is 19.8 Å². The summed E-state index contributed by atoms with van der Waals surface area (Å²) in [5, 5.41) is 34.2. The highest BCUT2D eigenvalue weighted by atomic mass is 32.2. The SMILES string of the molecule is O=C([O-])C(F)(F)F.O=C([O-])C(F)(F)F.[NH3+]CCNc1cc([N+](=O)[O-])c(C(=O)N2CC[NH2+]CC2)cc1S(=O)(=O)c1ccccc1. The van der Waals surface area contributed by atoms with Crippen LogP contribution in [0.2, 0.25) is 0 Å². The van der Waals surface area contributed by atoms with Gasteiger partial charge < -0.3 is 41.1 Å². The number of nitrogens with zero attached hydrogens (tertiary/aromatic N) is 2. The van der Waals surface area contributed by atoms with E-state index in [0.717, 1.165) is 12.1 Å². The molecule has 14 nitrogen and oxygen atoms in total. The molecule has 2 aromatic rings. The third kappa shape index (κ3) is 11.0. The Balaban J connectivity index is 0.000000574. The standard InChI is InChI=1S/C19H23N5O5S.2C2HF3O2/c20-6-7-22-16-13-17(24(26)27)15(19(25)23-10-8-21-9-11-23)12-18(16)30(28,29)14-4-2-1-3-5-14;2*3-2(4,5)1(6)7/h1-5,12-13,21-22H,6-11,20H2;2*(H,6,7). The van der Waals surface area contributed by atoms with Gasteiger partial charge in [0.15, 0.2) is 0 Å². The zero-order valence-electron chi connectivity index (χ0n) is 22.3. The van der Waals surface area contributed by atoms with Crippen LogP contribution >= 0.6 is 0 Å². The van der Waals surface area contributed by atoms with Crippen LogP contribution in [0.4, 0.5) is 37.7 Å². The molecule has 3 rings (SSSR count). The second-order valence-electron chi connectivity index (χ2n) is 8.45. The number of nitrogens with one attached hydrogen (secondary N) is 1. The monoisotopic (exact) mass is 661 g/mol. The smallest absolute Gasteiger partial charge is 0.430 e. The van der Waals surface area contributed by atoms with E-state index in [0.29, 0.717) is 39.3 Å². The van der Waals surface area contributed by atoms with Crippen LogP contribution in [-0.4, -0.2) is 87.7 Å². The number of carbonyl (C=O) groups excluding carboxylic acids is 3. The van der Waals surface area contributed by atoms with Gasteiger partial charge in [0.25, 0.3) is 11.6 Å². The number of carbonyl (C=O) groups is 3. The van der Waals surface area contributed by atoms with Crippen LogP contribution in [0, 0.1) is 10.1 Å². The number of amides is 1. The van der Waals surface area contributed by atoms with Crippen molar-refractivity contribution in [1.29, 1.82) is 0 Å². The topological polar surface area (TPSA) is 234 Å². The van der Waals surface area contributed by atoms with E-state index in [2.05, 4.69) is 16.4 Å². The lowest BCUT2D eigenvalue weighted by Crippen LogP contribution is -2.89. The number of carboxylic acids is 2. The number of halogens is 6. The van der Waals surface area contributed by atoms with Crippen LogP contribution < -0.4 is 26.6 Å². The third-order valence-electron chi connectivity index (χ3n) is 5.32. The Hall–Kier alpha value is -4.50. The summed E-state index contributed by atoms with van der Waals surface area (Å²) in [6, 6.07) is 10.0. The summed E-state index contributed by atoms with van der Waals surface area (Å²) in [6.07, 6.45) is -10.4. The first-order valence-electron chi connectivity index (χ1n) is 12.1. The average Bonchev–Trinajstić information content (AvgIpc) is 2.95. The van der Waals surface area contributed by atoms with Crippen LogP contribution in [0.1, 0.15) is 10.4 Å². The Morgan fingerprint density at radius 2 is 1.43 bits per heavy atom. The van der Waals surface area contributed by atoms with E-state index < -0.39 is 50.6 Å². The number of piperazine rings is 1. The van der Waals surface area contributed by atoms with Crippen LogP contribution in [0.3, 0.4) is 0 Å². The van der Waals surface area contributed by atoms with E-state index in [1.54, 1.807) is 18.2 Å². The summed E-state index contributed by atoms with van der Waals surface area (Å²) in [7, 11) is -4.01. The zero-order chi connectivity index (χ0) is 33.9. The summed E-state index contributed by atoms with van der Waals surface area (Å²) in [5.41, 5.74) is 3.14. The van der Waals surface area contributed by atoms with Gasteiger partial charge >= 0.3 is 12.4 Å². The summed E-state index contributed by atoms with van der Waals surface area (Å²) in [6.45, 7) is 3.04. The van der Waals surface area contributed by atoms with Gasteiger partial charge in [-0.1, -0.05) is 18.2 Å². The number of hydrogen-bond acceptors (Lipinski definition) is 10. The summed E-state index contributed by atoms with van der Waals surface area (Å²) >= 11 is 0. The third-order valence-corrected chi connectivity index (χ3v) is 7.13. The molecule has 21 heteroatoms. The molecule has 1 aliphatic rings. The van der Waals surface area contributed by atoms with Crippen molar-refractivity contribution in [3.05, 3.63) is 58.1 Å². The molecule has 1 heterocycles. The maximum absolute atomic E-state index is 13.3. The van der Waals surface area contributed by atoms with Crippen molar-refractivity contribution in [3.8, 4) is 0 Å². The second kappa shape index (κ2) is 15.8. The molecule has 0 aliphatic carbocycles. The van der Waals surface area contributed by atoms with E-state index >= 15 is 0 Å². The lowest BCUT2D eigenvalue weighted by Gasteiger charge is -2.25. The number of nitro groups is 1. The maximum Gasteiger partial charge on any atom is 0.430 e. The van der Waals surface area contributed by atoms with Gasteiger partial charge in [0.1, 0.15) is 17.5 Å². The van der Waals surface area contributed by atoms with Crippen molar-refractivity contribution >= 4 is 39.1 Å². The molecule has 6 N–H and O–H groups in total. The quantitative estimate of drug-likeness (QED) is 0.163. The number of carboxylic acid groups (broad SMARTS) is 2. The number of aliphatic carboxylic acids is 2. The zero-order valence-corrected chi connectivity index (χ0v) is 23.1. The fraction of sp³-hybridized carbons (Fsp3) is 0.348. The van der Waals surface area contributed by atoms with Crippen molar-refractivity contribution in [1.82, 2.24) is 4.90 Å². The number of benzene rings is 2. The Morgan fingerprint density at radius 1 is 0.955 bits per heavy atom. The minimum absolute atomic E-state index is 0.0440. The molecule has 0 saturated carbocycles. The molecule has 44 heavy (non-hydrogen) atoms. The Morgan fingerprint density at radius 3 is 1.84 bits per heavy atom. The number of hydrogen-bond donors (Lipinski definition) is 3. The number of nitro benzene ring substituents is 1. The Kier molecular flexibility index (Phi) is 13.5. The normalized spacial score (nSPS) is 13.4. The van der Waals surface area contributed by atoms with Crippen LogP contribution in [0.15, 0.2) is 52.3 Å². The lowest BCUT2D eigenvalue weighted by atomic mass is 10.1. The molecule has 0 unspecified atom stereocenters. The van der Waals surface area contributed by atoms with E-state index in [1.807, 2.05) is 0 Å². The van der Waals surface area contributed by atoms with Crippen molar-refractivity contribution in [2.24, 2.45) is 0 Å². The minimum Gasteiger partial charge on any atom is -0.542 e. The van der Waals surface area contributed by atoms with E-state index in [1.165, 1.54) is 17.0 Å². The maximum atomic E-state index is 13.3. The fourth-order valence-corrected chi connectivity index (χ4v) is 4.79. The molecular formula is C23H25F6N5O9S. The first kappa shape index (κ1) is 37.5. The molecular weight excluding hydrogens is 636 g/mol. The summed E-state index contributed by atoms with van der Waals surface area (Å²) < 4.78 is 89.7. The minimum atomic E-state index is -5.19. The number of quaternary nitrogens is 2. The van der Waals surface area contributed by atoms with E-state index in [-0.39, 0.29) is 21.0 Å². The van der Waals surface area contributed by atoms with Gasteiger partial charge in [-0.2, -0.15) is 26.3 Å². The summed E-state index contributed by atoms with van der Waals surface area (Å²) in [4.78, 5) is 43.1. The van der Waals surface area contributed by atoms with Gasteiger partial charge in [0.2, 0.25) is 9.84 Å². The predicted octanol–water partition coefficient (Wildman–Crippen LogP) is -2.30. The predicted molar refractivity (Wildman–Crippen MR) is 131 cm³/mol. The van der Waals surface area contributed by atoms with Crippen molar-refractivity contribution in [2.45, 2.75) is 22.1 Å². The van der Waals surface area contributed by atoms with Crippen molar-refractivity contribution in [2.75, 3.05) is 44.6 Å². The largest absolute Gasteiger partial charge is 0.542 e. The highest BCUT2D eigenvalue weighted by Crippen LogP contribution is 2.34. The lowest BCUT2D eigenvalue weighted by molar-refractivity contribution is -0.661. The second-order valence-corrected chi connectivity index (χ2v) is 10.4. The Bertz CT molecular complexity index is 1410. The molecule has 1 aliphatic heterocycles. The fourth-order valence-electron chi connectivity index (χ4n) is 3.32. The average molecular weight is 662 g/mol. The molecule has 0 aromatic heterocycles. The van der Waals surface area contributed by atoms with Gasteiger partial charge in [0.05, 0.1) is 59.7 Å². The van der Waals surface area contributed by atoms with Gasteiger partial charge in [-0.05, 0) is 18.2 Å². The number of rotatable bonds is 7. The molecule has 0 radical (unpaired) electrons. The molecule has 0 spiro atoms. The number of anilines is 1.